The van der Waals surface area contributed by atoms with Crippen molar-refractivity contribution in [2.24, 2.45) is 0 Å². The largest absolute Gasteiger partial charge is 0.454 e. The minimum Gasteiger partial charge on any atom is -0.454 e. The SMILES string of the molecule is Cc1cc(C(=O)Cn2nc(-c3cccs3)oc2=O)c(C)n1-c1ccc2c(c1)OCO2. The van der Waals surface area contributed by atoms with Crippen LogP contribution in [-0.2, 0) is 6.54 Å². The highest BCUT2D eigenvalue weighted by Gasteiger charge is 2.21. The summed E-state index contributed by atoms with van der Waals surface area (Å²) >= 11 is 1.41. The van der Waals surface area contributed by atoms with E-state index < -0.39 is 5.76 Å². The van der Waals surface area contributed by atoms with Crippen molar-refractivity contribution in [2.45, 2.75) is 20.4 Å². The normalized spacial score (nSPS) is 12.5. The summed E-state index contributed by atoms with van der Waals surface area (Å²) in [5.74, 6) is 0.709. The lowest BCUT2D eigenvalue weighted by atomic mass is 10.1. The van der Waals surface area contributed by atoms with Gasteiger partial charge in [0, 0.05) is 28.7 Å². The van der Waals surface area contributed by atoms with Crippen LogP contribution < -0.4 is 15.2 Å². The van der Waals surface area contributed by atoms with Gasteiger partial charge >= 0.3 is 5.76 Å². The molecule has 0 N–H and O–H groups in total. The van der Waals surface area contributed by atoms with Gasteiger partial charge in [0.25, 0.3) is 5.89 Å². The van der Waals surface area contributed by atoms with Gasteiger partial charge in [-0.05, 0) is 43.5 Å². The summed E-state index contributed by atoms with van der Waals surface area (Å²) in [7, 11) is 0. The van der Waals surface area contributed by atoms with Crippen LogP contribution in [0.4, 0.5) is 0 Å². The topological polar surface area (TPSA) is 88.5 Å². The Morgan fingerprint density at radius 3 is 2.80 bits per heavy atom. The fourth-order valence-corrected chi connectivity index (χ4v) is 4.24. The molecule has 0 aliphatic carbocycles. The minimum absolute atomic E-state index is 0.195. The van der Waals surface area contributed by atoms with Crippen LogP contribution in [0.25, 0.3) is 16.5 Å². The van der Waals surface area contributed by atoms with Gasteiger partial charge in [-0.3, -0.25) is 4.79 Å². The van der Waals surface area contributed by atoms with Gasteiger partial charge in [-0.25, -0.2) is 4.79 Å². The lowest BCUT2D eigenvalue weighted by molar-refractivity contribution is 0.0964. The van der Waals surface area contributed by atoms with Crippen LogP contribution in [0, 0.1) is 13.8 Å². The number of ketones is 1. The van der Waals surface area contributed by atoms with Crippen LogP contribution in [0.2, 0.25) is 0 Å². The van der Waals surface area contributed by atoms with Crippen molar-refractivity contribution in [3.8, 4) is 28.0 Å². The Morgan fingerprint density at radius 2 is 2.00 bits per heavy atom. The maximum atomic E-state index is 13.0. The number of carbonyl (C=O) groups is 1. The Morgan fingerprint density at radius 1 is 1.17 bits per heavy atom. The fraction of sp³-hybridized carbons (Fsp3) is 0.190. The molecule has 0 radical (unpaired) electrons. The van der Waals surface area contributed by atoms with Gasteiger partial charge in [-0.15, -0.1) is 16.4 Å². The van der Waals surface area contributed by atoms with Gasteiger partial charge in [-0.1, -0.05) is 6.07 Å². The maximum Gasteiger partial charge on any atom is 0.437 e. The first-order valence-electron chi connectivity index (χ1n) is 9.25. The number of nitrogens with zero attached hydrogens (tertiary/aromatic N) is 3. The Labute approximate surface area is 174 Å². The van der Waals surface area contributed by atoms with Crippen LogP contribution in [-0.4, -0.2) is 26.9 Å². The summed E-state index contributed by atoms with van der Waals surface area (Å²) in [4.78, 5) is 25.8. The zero-order valence-corrected chi connectivity index (χ0v) is 17.1. The molecule has 0 saturated carbocycles. The van der Waals surface area contributed by atoms with Gasteiger partial charge in [0.15, 0.2) is 17.3 Å². The number of hydrogen-bond acceptors (Lipinski definition) is 7. The van der Waals surface area contributed by atoms with Crippen LogP contribution in [0.15, 0.2) is 51.0 Å². The summed E-state index contributed by atoms with van der Waals surface area (Å²) in [6.07, 6.45) is 0. The molecule has 0 atom stereocenters. The monoisotopic (exact) mass is 423 g/mol. The molecule has 0 unspecified atom stereocenters. The smallest absolute Gasteiger partial charge is 0.437 e. The van der Waals surface area contributed by atoms with Crippen LogP contribution in [0.3, 0.4) is 0 Å². The number of carbonyl (C=O) groups excluding carboxylic acids is 1. The van der Waals surface area contributed by atoms with Crippen molar-refractivity contribution in [3.05, 3.63) is 69.3 Å². The molecule has 8 nitrogen and oxygen atoms in total. The van der Waals surface area contributed by atoms with Crippen molar-refractivity contribution < 1.29 is 18.7 Å². The molecule has 1 aliphatic rings. The molecule has 4 heterocycles. The van der Waals surface area contributed by atoms with Gasteiger partial charge < -0.3 is 18.5 Å². The van der Waals surface area contributed by atoms with Gasteiger partial charge in [0.1, 0.15) is 6.54 Å². The highest BCUT2D eigenvalue weighted by atomic mass is 32.1. The number of aromatic nitrogens is 3. The molecule has 0 amide bonds. The third kappa shape index (κ3) is 3.03. The summed E-state index contributed by atoms with van der Waals surface area (Å²) in [6, 6.07) is 11.1. The van der Waals surface area contributed by atoms with E-state index >= 15 is 0 Å². The molecular formula is C21H17N3O5S. The standard InChI is InChI=1S/C21H17N3O5S/c1-12-8-15(13(2)24(12)14-5-6-17-18(9-14)28-11-27-17)16(25)10-23-21(26)29-20(22-23)19-4-3-7-30-19/h3-9H,10-11H2,1-2H3. The summed E-state index contributed by atoms with van der Waals surface area (Å²) in [5.41, 5.74) is 3.05. The lowest BCUT2D eigenvalue weighted by Crippen LogP contribution is -2.21. The fourth-order valence-electron chi connectivity index (χ4n) is 3.59. The Kier molecular flexibility index (Phi) is 4.32. The second-order valence-corrected chi connectivity index (χ2v) is 7.84. The zero-order chi connectivity index (χ0) is 20.8. The van der Waals surface area contributed by atoms with Crippen LogP contribution in [0.1, 0.15) is 21.7 Å². The molecule has 1 aliphatic heterocycles. The molecule has 9 heteroatoms. The summed E-state index contributed by atoms with van der Waals surface area (Å²) < 4.78 is 19.0. The highest BCUT2D eigenvalue weighted by Crippen LogP contribution is 2.35. The molecule has 1 aromatic carbocycles. The highest BCUT2D eigenvalue weighted by molar-refractivity contribution is 7.13. The van der Waals surface area contributed by atoms with Crippen molar-refractivity contribution >= 4 is 17.1 Å². The van der Waals surface area contributed by atoms with Crippen molar-refractivity contribution in [1.29, 1.82) is 0 Å². The zero-order valence-electron chi connectivity index (χ0n) is 16.2. The first-order valence-corrected chi connectivity index (χ1v) is 10.1. The van der Waals surface area contributed by atoms with Gasteiger partial charge in [-0.2, -0.15) is 4.68 Å². The van der Waals surface area contributed by atoms with E-state index in [0.29, 0.717) is 17.1 Å². The van der Waals surface area contributed by atoms with Gasteiger partial charge in [0.2, 0.25) is 6.79 Å². The van der Waals surface area contributed by atoms with Gasteiger partial charge in [0.05, 0.1) is 4.88 Å². The number of hydrogen-bond donors (Lipinski definition) is 0. The Balaban J connectivity index is 1.45. The first kappa shape index (κ1) is 18.4. The minimum atomic E-state index is -0.656. The Bertz CT molecular complexity index is 1310. The van der Waals surface area contributed by atoms with E-state index in [9.17, 15) is 9.59 Å². The van der Waals surface area contributed by atoms with E-state index in [-0.39, 0.29) is 25.0 Å². The number of rotatable bonds is 5. The van der Waals surface area contributed by atoms with Crippen LogP contribution >= 0.6 is 11.3 Å². The third-order valence-corrected chi connectivity index (χ3v) is 5.84. The molecular weight excluding hydrogens is 406 g/mol. The summed E-state index contributed by atoms with van der Waals surface area (Å²) in [6.45, 7) is 3.80. The number of Topliss-reactive ketones (excluding diaryl/α,β-unsaturated/α-hetero) is 1. The maximum absolute atomic E-state index is 13.0. The predicted molar refractivity (Wildman–Crippen MR) is 110 cm³/mol. The molecule has 30 heavy (non-hydrogen) atoms. The molecule has 152 valence electrons. The molecule has 4 aromatic rings. The first-order chi connectivity index (χ1) is 14.5. The molecule has 0 spiro atoms. The molecule has 0 bridgehead atoms. The second-order valence-electron chi connectivity index (χ2n) is 6.89. The van der Waals surface area contributed by atoms with E-state index in [0.717, 1.165) is 26.6 Å². The van der Waals surface area contributed by atoms with E-state index in [4.69, 9.17) is 13.9 Å². The third-order valence-electron chi connectivity index (χ3n) is 4.98. The van der Waals surface area contributed by atoms with E-state index in [1.54, 1.807) is 6.07 Å². The lowest BCUT2D eigenvalue weighted by Gasteiger charge is -2.10. The number of aryl methyl sites for hydroxylation is 1. The van der Waals surface area contributed by atoms with E-state index in [1.165, 1.54) is 11.3 Å². The average molecular weight is 423 g/mol. The average Bonchev–Trinajstić information content (AvgIpc) is 3.49. The quantitative estimate of drug-likeness (QED) is 0.456. The number of ether oxygens (including phenoxy) is 2. The van der Waals surface area contributed by atoms with Crippen molar-refractivity contribution in [1.82, 2.24) is 14.3 Å². The van der Waals surface area contributed by atoms with E-state index in [2.05, 4.69) is 5.10 Å². The number of benzene rings is 1. The van der Waals surface area contributed by atoms with Crippen molar-refractivity contribution in [3.63, 3.8) is 0 Å². The summed E-state index contributed by atoms with van der Waals surface area (Å²) in [5, 5.41) is 6.03. The van der Waals surface area contributed by atoms with E-state index in [1.807, 2.05) is 54.1 Å². The Hall–Kier alpha value is -3.59. The van der Waals surface area contributed by atoms with Crippen molar-refractivity contribution in [2.75, 3.05) is 6.79 Å². The number of fused-ring (bicyclic) bond motifs is 1. The molecule has 0 fully saturated rings. The predicted octanol–water partition coefficient (Wildman–Crippen LogP) is 3.58. The molecule has 0 saturated heterocycles. The van der Waals surface area contributed by atoms with Crippen LogP contribution in [0.5, 0.6) is 11.5 Å². The molecule has 5 rings (SSSR count). The molecule has 3 aromatic heterocycles. The second kappa shape index (κ2) is 7.03. The number of thiophene rings is 1.